The van der Waals surface area contributed by atoms with E-state index in [4.69, 9.17) is 5.11 Å². The molecule has 0 aliphatic rings. The molecule has 0 aliphatic carbocycles. The van der Waals surface area contributed by atoms with Crippen molar-refractivity contribution < 1.29 is 19.8 Å². The van der Waals surface area contributed by atoms with Crippen LogP contribution in [-0.2, 0) is 4.79 Å². The van der Waals surface area contributed by atoms with Crippen LogP contribution in [0.15, 0.2) is 24.3 Å². The number of aliphatic hydroxyl groups excluding tert-OH is 1. The quantitative estimate of drug-likeness (QED) is 0.799. The van der Waals surface area contributed by atoms with Gasteiger partial charge < -0.3 is 15.1 Å². The third kappa shape index (κ3) is 5.96. The molecule has 5 heteroatoms. The van der Waals surface area contributed by atoms with Gasteiger partial charge in [0, 0.05) is 17.6 Å². The van der Waals surface area contributed by atoms with E-state index in [1.165, 1.54) is 0 Å². The number of hydrogen-bond acceptors (Lipinski definition) is 3. The minimum absolute atomic E-state index is 0.0891. The van der Waals surface area contributed by atoms with E-state index >= 15 is 0 Å². The third-order valence-electron chi connectivity index (χ3n) is 3.84. The van der Waals surface area contributed by atoms with E-state index in [-0.39, 0.29) is 18.9 Å². The minimum Gasteiger partial charge on any atom is -0.481 e. The van der Waals surface area contributed by atoms with Crippen molar-refractivity contribution in [3.05, 3.63) is 35.4 Å². The molecule has 134 valence electrons. The molecule has 0 saturated carbocycles. The number of amides is 1. The van der Waals surface area contributed by atoms with Crippen LogP contribution in [0.1, 0.15) is 69.5 Å². The van der Waals surface area contributed by atoms with Gasteiger partial charge in [0.15, 0.2) is 0 Å². The molecule has 1 rings (SSSR count). The molecule has 0 aliphatic heterocycles. The average molecular weight is 335 g/mol. The summed E-state index contributed by atoms with van der Waals surface area (Å²) in [5.74, 6) is -0.744. The van der Waals surface area contributed by atoms with Gasteiger partial charge in [-0.25, -0.2) is 0 Å². The van der Waals surface area contributed by atoms with Gasteiger partial charge in [-0.1, -0.05) is 26.0 Å². The molecule has 1 atom stereocenters. The Balaban J connectivity index is 2.93. The Bertz CT molecular complexity index is 558. The van der Waals surface area contributed by atoms with E-state index in [1.54, 1.807) is 29.2 Å². The first-order chi connectivity index (χ1) is 11.0. The minimum atomic E-state index is -0.927. The van der Waals surface area contributed by atoms with Crippen molar-refractivity contribution >= 4 is 11.9 Å². The number of carbonyl (C=O) groups excluding carboxylic acids is 1. The van der Waals surface area contributed by atoms with Crippen molar-refractivity contribution in [2.24, 2.45) is 5.92 Å². The number of benzene rings is 1. The van der Waals surface area contributed by atoms with Crippen molar-refractivity contribution in [2.45, 2.75) is 59.1 Å². The Morgan fingerprint density at radius 3 is 2.08 bits per heavy atom. The summed E-state index contributed by atoms with van der Waals surface area (Å²) < 4.78 is 0. The molecular weight excluding hydrogens is 306 g/mol. The van der Waals surface area contributed by atoms with E-state index in [9.17, 15) is 14.7 Å². The zero-order valence-corrected chi connectivity index (χ0v) is 15.2. The van der Waals surface area contributed by atoms with Gasteiger partial charge in [-0.05, 0) is 50.8 Å². The Labute approximate surface area is 144 Å². The molecule has 0 heterocycles. The summed E-state index contributed by atoms with van der Waals surface area (Å²) in [4.78, 5) is 25.1. The molecule has 0 radical (unpaired) electrons. The van der Waals surface area contributed by atoms with Gasteiger partial charge in [-0.15, -0.1) is 0 Å². The van der Waals surface area contributed by atoms with Crippen LogP contribution in [0.3, 0.4) is 0 Å². The van der Waals surface area contributed by atoms with Gasteiger partial charge >= 0.3 is 5.97 Å². The van der Waals surface area contributed by atoms with Crippen molar-refractivity contribution in [3.63, 3.8) is 0 Å². The smallest absolute Gasteiger partial charge is 0.305 e. The van der Waals surface area contributed by atoms with Crippen molar-refractivity contribution in [1.82, 2.24) is 4.90 Å². The number of aliphatic hydroxyl groups is 1. The maximum absolute atomic E-state index is 12.7. The van der Waals surface area contributed by atoms with Gasteiger partial charge in [0.05, 0.1) is 12.5 Å². The monoisotopic (exact) mass is 335 g/mol. The molecule has 1 aromatic rings. The van der Waals surface area contributed by atoms with Crippen LogP contribution in [0.25, 0.3) is 0 Å². The Kier molecular flexibility index (Phi) is 6.96. The normalized spacial score (nSPS) is 13.0. The summed E-state index contributed by atoms with van der Waals surface area (Å²) in [6.45, 7) is 9.90. The molecule has 5 nitrogen and oxygen atoms in total. The largest absolute Gasteiger partial charge is 0.481 e. The van der Waals surface area contributed by atoms with Crippen LogP contribution in [0.5, 0.6) is 0 Å². The lowest BCUT2D eigenvalue weighted by Crippen LogP contribution is -2.46. The van der Waals surface area contributed by atoms with Crippen LogP contribution >= 0.6 is 0 Å². The van der Waals surface area contributed by atoms with Crippen LogP contribution in [0.2, 0.25) is 0 Å². The lowest BCUT2D eigenvalue weighted by Gasteiger charge is -2.35. The molecule has 0 saturated heterocycles. The van der Waals surface area contributed by atoms with E-state index < -0.39 is 17.6 Å². The highest BCUT2D eigenvalue weighted by atomic mass is 16.4. The Morgan fingerprint density at radius 2 is 1.67 bits per heavy atom. The first-order valence-electron chi connectivity index (χ1n) is 8.34. The molecule has 0 spiro atoms. The van der Waals surface area contributed by atoms with E-state index in [2.05, 4.69) is 0 Å². The summed E-state index contributed by atoms with van der Waals surface area (Å²) in [7, 11) is 0. The van der Waals surface area contributed by atoms with E-state index in [0.717, 1.165) is 5.56 Å². The zero-order chi connectivity index (χ0) is 18.5. The average Bonchev–Trinajstić information content (AvgIpc) is 2.45. The van der Waals surface area contributed by atoms with Crippen LogP contribution in [0, 0.1) is 5.92 Å². The first-order valence-corrected chi connectivity index (χ1v) is 8.34. The van der Waals surface area contributed by atoms with Crippen LogP contribution in [-0.4, -0.2) is 39.1 Å². The van der Waals surface area contributed by atoms with Crippen LogP contribution < -0.4 is 0 Å². The van der Waals surface area contributed by atoms with Crippen molar-refractivity contribution in [3.8, 4) is 0 Å². The van der Waals surface area contributed by atoms with Crippen LogP contribution in [0.4, 0.5) is 0 Å². The summed E-state index contributed by atoms with van der Waals surface area (Å²) in [5.41, 5.74) is 0.812. The summed E-state index contributed by atoms with van der Waals surface area (Å²) >= 11 is 0. The standard InChI is InChI=1S/C19H29NO4/c1-13(2)12-16(21)14-6-8-15(9-7-14)18(24)20(19(3,4)5)11-10-17(22)23/h6-9,13,16,21H,10-12H2,1-5H3,(H,22,23). The number of carboxylic acids is 1. The maximum Gasteiger partial charge on any atom is 0.305 e. The predicted molar refractivity (Wildman–Crippen MR) is 93.9 cm³/mol. The lowest BCUT2D eigenvalue weighted by atomic mass is 9.98. The molecular formula is C19H29NO4. The molecule has 0 aromatic heterocycles. The second-order valence-electron chi connectivity index (χ2n) is 7.54. The fourth-order valence-electron chi connectivity index (χ4n) is 2.54. The molecule has 24 heavy (non-hydrogen) atoms. The molecule has 0 fully saturated rings. The van der Waals surface area contributed by atoms with Gasteiger partial charge in [0.1, 0.15) is 0 Å². The van der Waals surface area contributed by atoms with Gasteiger partial charge in [-0.2, -0.15) is 0 Å². The number of hydrogen-bond donors (Lipinski definition) is 2. The number of rotatable bonds is 7. The highest BCUT2D eigenvalue weighted by Crippen LogP contribution is 2.23. The lowest BCUT2D eigenvalue weighted by molar-refractivity contribution is -0.137. The topological polar surface area (TPSA) is 77.8 Å². The number of aliphatic carboxylic acids is 1. The number of carboxylic acid groups (broad SMARTS) is 1. The molecule has 1 aromatic carbocycles. The second-order valence-corrected chi connectivity index (χ2v) is 7.54. The van der Waals surface area contributed by atoms with Gasteiger partial charge in [0.2, 0.25) is 0 Å². The predicted octanol–water partition coefficient (Wildman–Crippen LogP) is 3.48. The van der Waals surface area contributed by atoms with Crippen molar-refractivity contribution in [2.75, 3.05) is 6.54 Å². The molecule has 2 N–H and O–H groups in total. The highest BCUT2D eigenvalue weighted by molar-refractivity contribution is 5.95. The Hall–Kier alpha value is -1.88. The fourth-order valence-corrected chi connectivity index (χ4v) is 2.54. The van der Waals surface area contributed by atoms with E-state index in [0.29, 0.717) is 17.9 Å². The van der Waals surface area contributed by atoms with E-state index in [1.807, 2.05) is 34.6 Å². The summed E-state index contributed by atoms with van der Waals surface area (Å²) in [5, 5.41) is 19.0. The fraction of sp³-hybridized carbons (Fsp3) is 0.579. The molecule has 0 bridgehead atoms. The Morgan fingerprint density at radius 1 is 1.12 bits per heavy atom. The summed E-state index contributed by atoms with van der Waals surface area (Å²) in [6.07, 6.45) is 0.0358. The maximum atomic E-state index is 12.7. The number of carbonyl (C=O) groups is 2. The highest BCUT2D eigenvalue weighted by Gasteiger charge is 2.27. The first kappa shape index (κ1) is 20.2. The second kappa shape index (κ2) is 8.29. The van der Waals surface area contributed by atoms with Crippen molar-refractivity contribution in [1.29, 1.82) is 0 Å². The zero-order valence-electron chi connectivity index (χ0n) is 15.2. The molecule has 1 unspecified atom stereocenters. The number of nitrogens with zero attached hydrogens (tertiary/aromatic N) is 1. The molecule has 1 amide bonds. The summed E-state index contributed by atoms with van der Waals surface area (Å²) in [6, 6.07) is 6.91. The van der Waals surface area contributed by atoms with Gasteiger partial charge in [0.25, 0.3) is 5.91 Å². The SMILES string of the molecule is CC(C)CC(O)c1ccc(C(=O)N(CCC(=O)O)C(C)(C)C)cc1. The third-order valence-corrected chi connectivity index (χ3v) is 3.84. The van der Waals surface area contributed by atoms with Gasteiger partial charge in [-0.3, -0.25) is 9.59 Å².